The van der Waals surface area contributed by atoms with Crippen LogP contribution in [0.2, 0.25) is 0 Å². The molecule has 0 unspecified atom stereocenters. The summed E-state index contributed by atoms with van der Waals surface area (Å²) in [5.74, 6) is 5.29. The molecule has 3 atom stereocenters. The van der Waals surface area contributed by atoms with Crippen LogP contribution in [0.25, 0.3) is 0 Å². The predicted octanol–water partition coefficient (Wildman–Crippen LogP) is 3.15. The number of carbonyl (C=O) groups is 2. The molecule has 0 spiro atoms. The summed E-state index contributed by atoms with van der Waals surface area (Å²) in [7, 11) is 0. The molecule has 0 amide bonds. The van der Waals surface area contributed by atoms with Gasteiger partial charge in [0, 0.05) is 19.4 Å². The average molecular weight is 370 g/mol. The molecule has 5 heteroatoms. The van der Waals surface area contributed by atoms with Gasteiger partial charge in [-0.2, -0.15) is 0 Å². The van der Waals surface area contributed by atoms with Crippen molar-refractivity contribution in [2.24, 2.45) is 0 Å². The van der Waals surface area contributed by atoms with Crippen molar-refractivity contribution < 1.29 is 23.8 Å². The molecule has 1 aromatic carbocycles. The molecule has 0 aliphatic carbocycles. The van der Waals surface area contributed by atoms with Crippen LogP contribution in [0, 0.1) is 11.8 Å². The average Bonchev–Trinajstić information content (AvgIpc) is 2.58. The smallest absolute Gasteiger partial charge is 0.303 e. The first kappa shape index (κ1) is 20.7. The molecule has 0 bridgehead atoms. The molecule has 5 nitrogen and oxygen atoms in total. The second-order valence-corrected chi connectivity index (χ2v) is 7.45. The van der Waals surface area contributed by atoms with Gasteiger partial charge in [-0.25, -0.2) is 0 Å². The minimum Gasteiger partial charge on any atom is -0.463 e. The van der Waals surface area contributed by atoms with E-state index in [9.17, 15) is 9.59 Å². The van der Waals surface area contributed by atoms with Gasteiger partial charge in [0.1, 0.15) is 24.9 Å². The van der Waals surface area contributed by atoms with Crippen LogP contribution in [0.15, 0.2) is 36.4 Å². The first-order valence-corrected chi connectivity index (χ1v) is 8.91. The Morgan fingerprint density at radius 1 is 1.07 bits per heavy atom. The standard InChI is InChI=1S/C22H26O5/c1-15(23)25-14-21-20(26-16(2)24)13-12-19(27-21)11-8-17-6-9-18(10-7-17)22(3,4)5/h6-7,9-10,12-13,19-21H,14H2,1-5H3/t19-,20+,21-/m1/s1. The van der Waals surface area contributed by atoms with Gasteiger partial charge in [-0.15, -0.1) is 0 Å². The van der Waals surface area contributed by atoms with Crippen LogP contribution >= 0.6 is 0 Å². The van der Waals surface area contributed by atoms with Crippen molar-refractivity contribution in [2.75, 3.05) is 6.61 Å². The van der Waals surface area contributed by atoms with E-state index in [1.807, 2.05) is 12.1 Å². The Kier molecular flexibility index (Phi) is 6.81. The van der Waals surface area contributed by atoms with Crippen molar-refractivity contribution in [3.63, 3.8) is 0 Å². The first-order chi connectivity index (χ1) is 12.6. The lowest BCUT2D eigenvalue weighted by Crippen LogP contribution is -2.41. The maximum atomic E-state index is 11.2. The molecule has 144 valence electrons. The fraction of sp³-hybridized carbons (Fsp3) is 0.455. The highest BCUT2D eigenvalue weighted by atomic mass is 16.6. The van der Waals surface area contributed by atoms with Crippen LogP contribution in [-0.2, 0) is 29.2 Å². The molecule has 0 N–H and O–H groups in total. The highest BCUT2D eigenvalue weighted by Gasteiger charge is 2.30. The molecule has 0 saturated carbocycles. The Labute approximate surface area is 160 Å². The third-order valence-electron chi connectivity index (χ3n) is 4.03. The highest BCUT2D eigenvalue weighted by molar-refractivity contribution is 5.67. The third kappa shape index (κ3) is 6.58. The van der Waals surface area contributed by atoms with Crippen molar-refractivity contribution in [3.8, 4) is 11.8 Å². The molecule has 27 heavy (non-hydrogen) atoms. The fourth-order valence-corrected chi connectivity index (χ4v) is 2.58. The van der Waals surface area contributed by atoms with E-state index in [1.165, 1.54) is 19.4 Å². The van der Waals surface area contributed by atoms with Gasteiger partial charge in [0.2, 0.25) is 0 Å². The molecule has 0 radical (unpaired) electrons. The number of esters is 2. The van der Waals surface area contributed by atoms with Crippen molar-refractivity contribution in [2.45, 2.75) is 58.3 Å². The second kappa shape index (κ2) is 8.88. The number of ether oxygens (including phenoxy) is 3. The van der Waals surface area contributed by atoms with E-state index in [-0.39, 0.29) is 12.0 Å². The Balaban J connectivity index is 2.09. The second-order valence-electron chi connectivity index (χ2n) is 7.45. The van der Waals surface area contributed by atoms with E-state index in [4.69, 9.17) is 14.2 Å². The van der Waals surface area contributed by atoms with E-state index >= 15 is 0 Å². The van der Waals surface area contributed by atoms with Crippen molar-refractivity contribution >= 4 is 11.9 Å². The summed E-state index contributed by atoms with van der Waals surface area (Å²) in [5.41, 5.74) is 2.22. The lowest BCUT2D eigenvalue weighted by atomic mass is 9.87. The summed E-state index contributed by atoms with van der Waals surface area (Å²) in [6.07, 6.45) is 1.80. The predicted molar refractivity (Wildman–Crippen MR) is 102 cm³/mol. The SMILES string of the molecule is CC(=O)OC[C@H]1O[C@H](C#Cc2ccc(C(C)(C)C)cc2)C=C[C@@H]1OC(C)=O. The lowest BCUT2D eigenvalue weighted by Gasteiger charge is -2.29. The van der Waals surface area contributed by atoms with Crippen LogP contribution < -0.4 is 0 Å². The van der Waals surface area contributed by atoms with Gasteiger partial charge in [-0.05, 0) is 35.3 Å². The molecule has 2 rings (SSSR count). The van der Waals surface area contributed by atoms with Crippen LogP contribution in [0.1, 0.15) is 45.7 Å². The van der Waals surface area contributed by atoms with Crippen molar-refractivity contribution in [1.29, 1.82) is 0 Å². The van der Waals surface area contributed by atoms with E-state index < -0.39 is 30.3 Å². The molecule has 0 aromatic heterocycles. The largest absolute Gasteiger partial charge is 0.463 e. The Bertz CT molecular complexity index is 759. The van der Waals surface area contributed by atoms with Gasteiger partial charge in [0.15, 0.2) is 0 Å². The summed E-state index contributed by atoms with van der Waals surface area (Å²) in [5, 5.41) is 0. The van der Waals surface area contributed by atoms with Crippen molar-refractivity contribution in [3.05, 3.63) is 47.5 Å². The van der Waals surface area contributed by atoms with E-state index in [0.717, 1.165) is 5.56 Å². The van der Waals surface area contributed by atoms with Crippen LogP contribution in [0.4, 0.5) is 0 Å². The molecule has 1 aliphatic rings. The minimum absolute atomic E-state index is 0.00389. The van der Waals surface area contributed by atoms with Gasteiger partial charge in [0.05, 0.1) is 0 Å². The summed E-state index contributed by atoms with van der Waals surface area (Å²) >= 11 is 0. The van der Waals surface area contributed by atoms with Gasteiger partial charge in [0.25, 0.3) is 0 Å². The summed E-state index contributed by atoms with van der Waals surface area (Å²) in [6, 6.07) is 8.11. The van der Waals surface area contributed by atoms with E-state index in [2.05, 4.69) is 44.7 Å². The monoisotopic (exact) mass is 370 g/mol. The zero-order valence-corrected chi connectivity index (χ0v) is 16.4. The van der Waals surface area contributed by atoms with Crippen LogP contribution in [0.5, 0.6) is 0 Å². The Hall–Kier alpha value is -2.58. The number of hydrogen-bond donors (Lipinski definition) is 0. The zero-order valence-electron chi connectivity index (χ0n) is 16.4. The summed E-state index contributed by atoms with van der Waals surface area (Å²) in [4.78, 5) is 22.3. The Morgan fingerprint density at radius 3 is 2.30 bits per heavy atom. The van der Waals surface area contributed by atoms with E-state index in [1.54, 1.807) is 12.2 Å². The lowest BCUT2D eigenvalue weighted by molar-refractivity contribution is -0.161. The van der Waals surface area contributed by atoms with Crippen LogP contribution in [0.3, 0.4) is 0 Å². The fourth-order valence-electron chi connectivity index (χ4n) is 2.58. The van der Waals surface area contributed by atoms with Gasteiger partial charge >= 0.3 is 11.9 Å². The normalized spacial score (nSPS) is 21.7. The number of benzene rings is 1. The first-order valence-electron chi connectivity index (χ1n) is 8.91. The van der Waals surface area contributed by atoms with Gasteiger partial charge < -0.3 is 14.2 Å². The zero-order chi connectivity index (χ0) is 20.0. The quantitative estimate of drug-likeness (QED) is 0.465. The molecular formula is C22H26O5. The summed E-state index contributed by atoms with van der Waals surface area (Å²) in [6.45, 7) is 9.13. The molecule has 1 aliphatic heterocycles. The maximum Gasteiger partial charge on any atom is 0.303 e. The van der Waals surface area contributed by atoms with Gasteiger partial charge in [-0.1, -0.05) is 44.7 Å². The highest BCUT2D eigenvalue weighted by Crippen LogP contribution is 2.22. The van der Waals surface area contributed by atoms with Crippen molar-refractivity contribution in [1.82, 2.24) is 0 Å². The minimum atomic E-state index is -0.606. The molecule has 1 heterocycles. The van der Waals surface area contributed by atoms with Crippen LogP contribution in [-0.4, -0.2) is 36.9 Å². The van der Waals surface area contributed by atoms with E-state index in [0.29, 0.717) is 0 Å². The maximum absolute atomic E-state index is 11.2. The molecule has 0 saturated heterocycles. The third-order valence-corrected chi connectivity index (χ3v) is 4.03. The number of hydrogen-bond acceptors (Lipinski definition) is 5. The number of carbonyl (C=O) groups excluding carboxylic acids is 2. The number of rotatable bonds is 3. The topological polar surface area (TPSA) is 61.8 Å². The molecular weight excluding hydrogens is 344 g/mol. The molecule has 0 fully saturated rings. The summed E-state index contributed by atoms with van der Waals surface area (Å²) < 4.78 is 16.0. The van der Waals surface area contributed by atoms with Gasteiger partial charge in [-0.3, -0.25) is 9.59 Å². The molecule has 1 aromatic rings. The Morgan fingerprint density at radius 2 is 1.74 bits per heavy atom.